The van der Waals surface area contributed by atoms with E-state index in [2.05, 4.69) is 10.4 Å². The van der Waals surface area contributed by atoms with Crippen molar-refractivity contribution in [1.82, 2.24) is 4.98 Å². The normalized spacial score (nSPS) is 10.7. The maximum absolute atomic E-state index is 5.81. The molecule has 3 aromatic rings. The highest BCUT2D eigenvalue weighted by atomic mass is 32.1. The number of nitrogens with two attached hydrogens (primary N) is 1. The summed E-state index contributed by atoms with van der Waals surface area (Å²) in [4.78, 5) is 4.02. The molecule has 4 heteroatoms. The molecule has 3 rings (SSSR count). The van der Waals surface area contributed by atoms with Crippen LogP contribution in [0.5, 0.6) is 5.75 Å². The lowest BCUT2D eigenvalue weighted by molar-refractivity contribution is 0.307. The summed E-state index contributed by atoms with van der Waals surface area (Å²) in [6, 6.07) is 9.72. The number of hydrogen-bond donors (Lipinski definition) is 1. The van der Waals surface area contributed by atoms with Crippen LogP contribution in [-0.4, -0.2) is 4.98 Å². The molecular weight excluding hydrogens is 244 g/mol. The first-order valence-electron chi connectivity index (χ1n) is 5.61. The maximum Gasteiger partial charge on any atom is 0.138 e. The number of aromatic nitrogens is 1. The van der Waals surface area contributed by atoms with Crippen molar-refractivity contribution in [2.75, 3.05) is 5.73 Å². The summed E-state index contributed by atoms with van der Waals surface area (Å²) in [7, 11) is 0. The molecule has 18 heavy (non-hydrogen) atoms. The average molecular weight is 256 g/mol. The van der Waals surface area contributed by atoms with Crippen molar-refractivity contribution < 1.29 is 4.74 Å². The maximum atomic E-state index is 5.81. The zero-order valence-electron chi connectivity index (χ0n) is 9.67. The van der Waals surface area contributed by atoms with Crippen LogP contribution in [0.3, 0.4) is 0 Å². The van der Waals surface area contributed by atoms with E-state index in [4.69, 9.17) is 10.5 Å². The van der Waals surface area contributed by atoms with E-state index in [1.54, 1.807) is 23.7 Å². The molecule has 0 aliphatic carbocycles. The van der Waals surface area contributed by atoms with Crippen molar-refractivity contribution in [3.8, 4) is 5.75 Å². The summed E-state index contributed by atoms with van der Waals surface area (Å²) >= 11 is 1.71. The molecule has 2 aromatic heterocycles. The molecular formula is C14H12N2OS. The van der Waals surface area contributed by atoms with Gasteiger partial charge in [0.2, 0.25) is 0 Å². The van der Waals surface area contributed by atoms with Gasteiger partial charge < -0.3 is 10.5 Å². The van der Waals surface area contributed by atoms with Crippen molar-refractivity contribution in [2.45, 2.75) is 6.61 Å². The summed E-state index contributed by atoms with van der Waals surface area (Å²) in [5.41, 5.74) is 7.75. The van der Waals surface area contributed by atoms with Crippen LogP contribution in [0.25, 0.3) is 10.1 Å². The number of ether oxygens (including phenoxy) is 1. The standard InChI is InChI=1S/C14H12N2OS/c15-11-3-4-14-13(6-11)10(9-18-14)8-17-12-2-1-5-16-7-12/h1-7,9H,8,15H2. The summed E-state index contributed by atoms with van der Waals surface area (Å²) in [5, 5.41) is 3.28. The monoisotopic (exact) mass is 256 g/mol. The van der Waals surface area contributed by atoms with E-state index in [-0.39, 0.29) is 0 Å². The van der Waals surface area contributed by atoms with Crippen LogP contribution in [0.1, 0.15) is 5.56 Å². The topological polar surface area (TPSA) is 48.1 Å². The minimum atomic E-state index is 0.537. The highest BCUT2D eigenvalue weighted by Crippen LogP contribution is 2.28. The van der Waals surface area contributed by atoms with Gasteiger partial charge in [-0.2, -0.15) is 0 Å². The van der Waals surface area contributed by atoms with Gasteiger partial charge in [-0.05, 0) is 35.7 Å². The lowest BCUT2D eigenvalue weighted by Gasteiger charge is -2.04. The Balaban J connectivity index is 1.85. The van der Waals surface area contributed by atoms with Crippen LogP contribution >= 0.6 is 11.3 Å². The fraction of sp³-hybridized carbons (Fsp3) is 0.0714. The average Bonchev–Trinajstić information content (AvgIpc) is 2.80. The first-order chi connectivity index (χ1) is 8.83. The van der Waals surface area contributed by atoms with Gasteiger partial charge in [-0.1, -0.05) is 0 Å². The SMILES string of the molecule is Nc1ccc2scc(COc3cccnc3)c2c1. The molecule has 0 unspecified atom stereocenters. The van der Waals surface area contributed by atoms with Crippen LogP contribution in [0.2, 0.25) is 0 Å². The Morgan fingerprint density at radius 2 is 2.22 bits per heavy atom. The minimum absolute atomic E-state index is 0.537. The second kappa shape index (κ2) is 4.66. The third kappa shape index (κ3) is 2.15. The third-order valence-electron chi connectivity index (χ3n) is 2.71. The highest BCUT2D eigenvalue weighted by Gasteiger charge is 2.05. The molecule has 3 nitrogen and oxygen atoms in total. The smallest absolute Gasteiger partial charge is 0.138 e. The number of nitrogens with zero attached hydrogens (tertiary/aromatic N) is 1. The first kappa shape index (κ1) is 11.0. The second-order valence-corrected chi connectivity index (χ2v) is 4.91. The van der Waals surface area contributed by atoms with E-state index in [1.165, 1.54) is 10.1 Å². The molecule has 1 aromatic carbocycles. The van der Waals surface area contributed by atoms with Crippen molar-refractivity contribution in [2.24, 2.45) is 0 Å². The number of benzene rings is 1. The van der Waals surface area contributed by atoms with E-state index in [0.29, 0.717) is 6.61 Å². The van der Waals surface area contributed by atoms with E-state index in [1.807, 2.05) is 30.3 Å². The van der Waals surface area contributed by atoms with Gasteiger partial charge in [0.1, 0.15) is 12.4 Å². The van der Waals surface area contributed by atoms with Crippen molar-refractivity contribution >= 4 is 27.1 Å². The Labute approximate surface area is 109 Å². The first-order valence-corrected chi connectivity index (χ1v) is 6.49. The number of anilines is 1. The zero-order valence-corrected chi connectivity index (χ0v) is 10.5. The molecule has 90 valence electrons. The number of nitrogen functional groups attached to an aromatic ring is 1. The molecule has 0 amide bonds. The van der Waals surface area contributed by atoms with Crippen LogP contribution in [0, 0.1) is 0 Å². The van der Waals surface area contributed by atoms with Gasteiger partial charge in [0, 0.05) is 27.5 Å². The molecule has 0 bridgehead atoms. The summed E-state index contributed by atoms with van der Waals surface area (Å²) in [6.45, 7) is 0.537. The van der Waals surface area contributed by atoms with Crippen LogP contribution < -0.4 is 10.5 Å². The summed E-state index contributed by atoms with van der Waals surface area (Å²) in [6.07, 6.45) is 3.44. The lowest BCUT2D eigenvalue weighted by Crippen LogP contribution is -1.94. The fourth-order valence-electron chi connectivity index (χ4n) is 1.80. The largest absolute Gasteiger partial charge is 0.487 e. The molecule has 2 N–H and O–H groups in total. The van der Waals surface area contributed by atoms with Crippen molar-refractivity contribution in [3.63, 3.8) is 0 Å². The van der Waals surface area contributed by atoms with Crippen LogP contribution in [0.4, 0.5) is 5.69 Å². The summed E-state index contributed by atoms with van der Waals surface area (Å²) in [5.74, 6) is 0.778. The van der Waals surface area contributed by atoms with E-state index in [0.717, 1.165) is 17.0 Å². The molecule has 0 atom stereocenters. The molecule has 0 saturated carbocycles. The Morgan fingerprint density at radius 1 is 1.28 bits per heavy atom. The third-order valence-corrected chi connectivity index (χ3v) is 3.72. The molecule has 0 fully saturated rings. The van der Waals surface area contributed by atoms with Gasteiger partial charge in [0.15, 0.2) is 0 Å². The lowest BCUT2D eigenvalue weighted by atomic mass is 10.2. The molecule has 0 aliphatic heterocycles. The van der Waals surface area contributed by atoms with Gasteiger partial charge >= 0.3 is 0 Å². The second-order valence-electron chi connectivity index (χ2n) is 3.99. The Bertz CT molecular complexity index is 664. The van der Waals surface area contributed by atoms with Crippen LogP contribution in [0.15, 0.2) is 48.1 Å². The Kier molecular flexibility index (Phi) is 2.86. The number of thiophene rings is 1. The highest BCUT2D eigenvalue weighted by molar-refractivity contribution is 7.17. The van der Waals surface area contributed by atoms with E-state index >= 15 is 0 Å². The van der Waals surface area contributed by atoms with Gasteiger partial charge in [0.25, 0.3) is 0 Å². The zero-order chi connectivity index (χ0) is 12.4. The quantitative estimate of drug-likeness (QED) is 0.730. The summed E-state index contributed by atoms with van der Waals surface area (Å²) < 4.78 is 6.93. The Morgan fingerprint density at radius 3 is 3.06 bits per heavy atom. The Hall–Kier alpha value is -2.07. The molecule has 0 spiro atoms. The minimum Gasteiger partial charge on any atom is -0.487 e. The van der Waals surface area contributed by atoms with Gasteiger partial charge in [-0.3, -0.25) is 4.98 Å². The van der Waals surface area contributed by atoms with E-state index < -0.39 is 0 Å². The molecule has 2 heterocycles. The van der Waals surface area contributed by atoms with Gasteiger partial charge in [-0.15, -0.1) is 11.3 Å². The predicted molar refractivity (Wildman–Crippen MR) is 74.8 cm³/mol. The number of hydrogen-bond acceptors (Lipinski definition) is 4. The molecule has 0 aliphatic rings. The predicted octanol–water partition coefficient (Wildman–Crippen LogP) is 3.46. The number of pyridine rings is 1. The van der Waals surface area contributed by atoms with Gasteiger partial charge in [0.05, 0.1) is 6.20 Å². The fourth-order valence-corrected chi connectivity index (χ4v) is 2.73. The molecule has 0 saturated heterocycles. The molecule has 0 radical (unpaired) electrons. The van der Waals surface area contributed by atoms with E-state index in [9.17, 15) is 0 Å². The number of fused-ring (bicyclic) bond motifs is 1. The number of rotatable bonds is 3. The van der Waals surface area contributed by atoms with Crippen molar-refractivity contribution in [1.29, 1.82) is 0 Å². The van der Waals surface area contributed by atoms with Crippen LogP contribution in [-0.2, 0) is 6.61 Å². The van der Waals surface area contributed by atoms with Gasteiger partial charge in [-0.25, -0.2) is 0 Å². The van der Waals surface area contributed by atoms with Crippen molar-refractivity contribution in [3.05, 3.63) is 53.7 Å².